The zero-order valence-electron chi connectivity index (χ0n) is 14.9. The van der Waals surface area contributed by atoms with Crippen LogP contribution in [0.2, 0.25) is 0 Å². The summed E-state index contributed by atoms with van der Waals surface area (Å²) in [4.78, 5) is 14.5. The summed E-state index contributed by atoms with van der Waals surface area (Å²) < 4.78 is 10.6. The number of aromatic nitrogens is 1. The van der Waals surface area contributed by atoms with Crippen LogP contribution >= 0.6 is 0 Å². The molecule has 0 bridgehead atoms. The van der Waals surface area contributed by atoms with Crippen LogP contribution in [0, 0.1) is 25.7 Å². The number of piperidine rings is 1. The molecule has 2 aliphatic heterocycles. The molecule has 1 N–H and O–H groups in total. The first-order valence-corrected chi connectivity index (χ1v) is 8.91. The van der Waals surface area contributed by atoms with E-state index in [1.807, 2.05) is 18.7 Å². The van der Waals surface area contributed by atoms with Crippen LogP contribution in [-0.4, -0.2) is 53.0 Å². The Hall–Kier alpha value is -1.40. The summed E-state index contributed by atoms with van der Waals surface area (Å²) in [6, 6.07) is 0. The van der Waals surface area contributed by atoms with Crippen LogP contribution in [0.4, 0.5) is 0 Å². The zero-order chi connectivity index (χ0) is 17.3. The molecule has 0 aliphatic carbocycles. The van der Waals surface area contributed by atoms with Gasteiger partial charge in [0.25, 0.3) is 0 Å². The molecule has 2 fully saturated rings. The van der Waals surface area contributed by atoms with Gasteiger partial charge in [0.2, 0.25) is 5.91 Å². The van der Waals surface area contributed by atoms with E-state index in [2.05, 4.69) is 12.1 Å². The molecule has 1 amide bonds. The second-order valence-corrected chi connectivity index (χ2v) is 7.35. The van der Waals surface area contributed by atoms with Crippen LogP contribution in [0.3, 0.4) is 0 Å². The molecule has 2 unspecified atom stereocenters. The lowest BCUT2D eigenvalue weighted by molar-refractivity contribution is -0.150. The Labute approximate surface area is 143 Å². The third kappa shape index (κ3) is 3.22. The van der Waals surface area contributed by atoms with Crippen LogP contribution < -0.4 is 0 Å². The minimum atomic E-state index is -0.677. The van der Waals surface area contributed by atoms with Crippen LogP contribution in [0.5, 0.6) is 0 Å². The number of carbonyl (C=O) groups is 1. The fourth-order valence-corrected chi connectivity index (χ4v) is 4.19. The third-order valence-corrected chi connectivity index (χ3v) is 5.92. The van der Waals surface area contributed by atoms with E-state index in [0.717, 1.165) is 37.3 Å². The van der Waals surface area contributed by atoms with Crippen molar-refractivity contribution in [2.75, 3.05) is 26.3 Å². The molecule has 2 saturated heterocycles. The topological polar surface area (TPSA) is 75.8 Å². The standard InChI is InChI=1S/C18H28N2O4/c1-12-11-20(17(21)10-16-13(2)19-24-14(16)3)7-6-18(12,22)15-4-8-23-9-5-15/h12,15,22H,4-11H2,1-3H3. The SMILES string of the molecule is Cc1noc(C)c1CC(=O)N1CCC(O)(C2CCOCC2)C(C)C1. The van der Waals surface area contributed by atoms with E-state index in [1.54, 1.807) is 0 Å². The number of hydrogen-bond donors (Lipinski definition) is 1. The Morgan fingerprint density at radius 2 is 2.08 bits per heavy atom. The van der Waals surface area contributed by atoms with E-state index in [4.69, 9.17) is 9.26 Å². The van der Waals surface area contributed by atoms with E-state index >= 15 is 0 Å². The molecule has 6 heteroatoms. The molecule has 2 atom stereocenters. The maximum absolute atomic E-state index is 12.7. The minimum absolute atomic E-state index is 0.0722. The highest BCUT2D eigenvalue weighted by atomic mass is 16.5. The van der Waals surface area contributed by atoms with Gasteiger partial charge in [-0.15, -0.1) is 0 Å². The number of rotatable bonds is 3. The highest BCUT2D eigenvalue weighted by Crippen LogP contribution is 2.39. The molecule has 3 rings (SSSR count). The lowest BCUT2D eigenvalue weighted by atomic mass is 9.70. The van der Waals surface area contributed by atoms with Crippen molar-refractivity contribution >= 4 is 5.91 Å². The maximum atomic E-state index is 12.7. The summed E-state index contributed by atoms with van der Waals surface area (Å²) in [5.41, 5.74) is 0.992. The van der Waals surface area contributed by atoms with Crippen molar-refractivity contribution in [3.63, 3.8) is 0 Å². The van der Waals surface area contributed by atoms with Crippen molar-refractivity contribution in [2.45, 2.75) is 52.1 Å². The van der Waals surface area contributed by atoms with Crippen LogP contribution in [0.15, 0.2) is 4.52 Å². The lowest BCUT2D eigenvalue weighted by Crippen LogP contribution is -2.57. The molecule has 0 spiro atoms. The van der Waals surface area contributed by atoms with E-state index in [-0.39, 0.29) is 17.7 Å². The van der Waals surface area contributed by atoms with Gasteiger partial charge in [-0.3, -0.25) is 4.79 Å². The largest absolute Gasteiger partial charge is 0.389 e. The quantitative estimate of drug-likeness (QED) is 0.912. The van der Waals surface area contributed by atoms with Gasteiger partial charge in [0.05, 0.1) is 17.7 Å². The minimum Gasteiger partial charge on any atom is -0.389 e. The lowest BCUT2D eigenvalue weighted by Gasteiger charge is -2.48. The summed E-state index contributed by atoms with van der Waals surface area (Å²) in [6.45, 7) is 8.44. The molecule has 6 nitrogen and oxygen atoms in total. The van der Waals surface area contributed by atoms with Gasteiger partial charge in [0, 0.05) is 37.8 Å². The van der Waals surface area contributed by atoms with Gasteiger partial charge in [-0.25, -0.2) is 0 Å². The molecule has 2 aliphatic rings. The first-order chi connectivity index (χ1) is 11.4. The number of ether oxygens (including phenoxy) is 1. The molecule has 1 aromatic rings. The Morgan fingerprint density at radius 1 is 1.38 bits per heavy atom. The summed E-state index contributed by atoms with van der Waals surface area (Å²) in [6.07, 6.45) is 2.79. The predicted molar refractivity (Wildman–Crippen MR) is 88.5 cm³/mol. The smallest absolute Gasteiger partial charge is 0.227 e. The van der Waals surface area contributed by atoms with Crippen LogP contribution in [-0.2, 0) is 16.0 Å². The van der Waals surface area contributed by atoms with Crippen molar-refractivity contribution in [1.82, 2.24) is 10.1 Å². The Kier molecular flexibility index (Phi) is 4.97. The molecule has 0 radical (unpaired) electrons. The zero-order valence-corrected chi connectivity index (χ0v) is 14.9. The fourth-order valence-electron chi connectivity index (χ4n) is 4.19. The van der Waals surface area contributed by atoms with Crippen molar-refractivity contribution < 1.29 is 19.2 Å². The first kappa shape index (κ1) is 17.4. The van der Waals surface area contributed by atoms with E-state index < -0.39 is 5.60 Å². The van der Waals surface area contributed by atoms with Gasteiger partial charge < -0.3 is 19.3 Å². The molecule has 24 heavy (non-hydrogen) atoms. The first-order valence-electron chi connectivity index (χ1n) is 8.91. The van der Waals surface area contributed by atoms with Crippen molar-refractivity contribution in [2.24, 2.45) is 11.8 Å². The van der Waals surface area contributed by atoms with Gasteiger partial charge >= 0.3 is 0 Å². The van der Waals surface area contributed by atoms with Crippen LogP contribution in [0.1, 0.15) is 43.2 Å². The van der Waals surface area contributed by atoms with Crippen LogP contribution in [0.25, 0.3) is 0 Å². The van der Waals surface area contributed by atoms with Gasteiger partial charge in [-0.05, 0) is 39.0 Å². The number of aryl methyl sites for hydroxylation is 2. The summed E-state index contributed by atoms with van der Waals surface area (Å²) in [5.74, 6) is 1.15. The highest BCUT2D eigenvalue weighted by Gasteiger charge is 2.46. The highest BCUT2D eigenvalue weighted by molar-refractivity contribution is 5.79. The number of carbonyl (C=O) groups excluding carboxylic acids is 1. The van der Waals surface area contributed by atoms with Crippen molar-refractivity contribution in [3.8, 4) is 0 Å². The van der Waals surface area contributed by atoms with E-state index in [0.29, 0.717) is 31.7 Å². The van der Waals surface area contributed by atoms with E-state index in [1.165, 1.54) is 0 Å². The van der Waals surface area contributed by atoms with Gasteiger partial charge in [-0.1, -0.05) is 12.1 Å². The summed E-state index contributed by atoms with van der Waals surface area (Å²) in [7, 11) is 0. The molecule has 0 saturated carbocycles. The van der Waals surface area contributed by atoms with Crippen molar-refractivity contribution in [3.05, 3.63) is 17.0 Å². The number of hydrogen-bond acceptors (Lipinski definition) is 5. The normalized spacial score (nSPS) is 29.0. The monoisotopic (exact) mass is 336 g/mol. The van der Waals surface area contributed by atoms with Gasteiger partial charge in [-0.2, -0.15) is 0 Å². The second-order valence-electron chi connectivity index (χ2n) is 7.35. The van der Waals surface area contributed by atoms with Crippen molar-refractivity contribution in [1.29, 1.82) is 0 Å². The van der Waals surface area contributed by atoms with Gasteiger partial charge in [0.15, 0.2) is 0 Å². The average molecular weight is 336 g/mol. The number of likely N-dealkylation sites (tertiary alicyclic amines) is 1. The maximum Gasteiger partial charge on any atom is 0.227 e. The molecule has 1 aromatic heterocycles. The Balaban J connectivity index is 1.63. The molecule has 0 aromatic carbocycles. The number of nitrogens with zero attached hydrogens (tertiary/aromatic N) is 2. The molecular formula is C18H28N2O4. The average Bonchev–Trinajstić information content (AvgIpc) is 2.90. The second kappa shape index (κ2) is 6.84. The Morgan fingerprint density at radius 3 is 2.67 bits per heavy atom. The van der Waals surface area contributed by atoms with E-state index in [9.17, 15) is 9.90 Å². The third-order valence-electron chi connectivity index (χ3n) is 5.92. The fraction of sp³-hybridized carbons (Fsp3) is 0.778. The number of amides is 1. The molecule has 3 heterocycles. The summed E-state index contributed by atoms with van der Waals surface area (Å²) in [5, 5.41) is 15.1. The predicted octanol–water partition coefficient (Wildman–Crippen LogP) is 1.86. The summed E-state index contributed by atoms with van der Waals surface area (Å²) >= 11 is 0. The Bertz CT molecular complexity index is 574. The van der Waals surface area contributed by atoms with Gasteiger partial charge in [0.1, 0.15) is 5.76 Å². The number of aliphatic hydroxyl groups is 1. The molecular weight excluding hydrogens is 308 g/mol. The molecule has 134 valence electrons.